The van der Waals surface area contributed by atoms with Crippen LogP contribution in [-0.4, -0.2) is 45.5 Å². The SMILES string of the molecule is CN(CCCC1CCCO1)C(=O)c1cc(S(N)(=O)=O)ccc1F. The molecule has 1 fully saturated rings. The molecular formula is C15H21FN2O4S. The third-order valence-corrected chi connectivity index (χ3v) is 4.80. The van der Waals surface area contributed by atoms with Crippen molar-refractivity contribution in [1.29, 1.82) is 0 Å². The second kappa shape index (κ2) is 7.37. The number of halogens is 1. The molecule has 0 aromatic heterocycles. The van der Waals surface area contributed by atoms with Crippen molar-refractivity contribution in [2.45, 2.75) is 36.7 Å². The highest BCUT2D eigenvalue weighted by Crippen LogP contribution is 2.18. The molecule has 1 aromatic rings. The van der Waals surface area contributed by atoms with Gasteiger partial charge in [0.25, 0.3) is 5.91 Å². The van der Waals surface area contributed by atoms with Crippen molar-refractivity contribution in [3.8, 4) is 0 Å². The van der Waals surface area contributed by atoms with E-state index in [1.807, 2.05) is 0 Å². The van der Waals surface area contributed by atoms with Crippen molar-refractivity contribution < 1.29 is 22.3 Å². The molecule has 1 unspecified atom stereocenters. The molecule has 0 spiro atoms. The molecule has 6 nitrogen and oxygen atoms in total. The van der Waals surface area contributed by atoms with E-state index in [0.717, 1.165) is 50.5 Å². The summed E-state index contributed by atoms with van der Waals surface area (Å²) in [6, 6.07) is 2.95. The predicted octanol–water partition coefficient (Wildman–Crippen LogP) is 1.50. The van der Waals surface area contributed by atoms with Crippen molar-refractivity contribution >= 4 is 15.9 Å². The molecular weight excluding hydrogens is 323 g/mol. The van der Waals surface area contributed by atoms with Gasteiger partial charge in [0.1, 0.15) is 5.82 Å². The fraction of sp³-hybridized carbons (Fsp3) is 0.533. The molecule has 2 rings (SSSR count). The monoisotopic (exact) mass is 344 g/mol. The van der Waals surface area contributed by atoms with E-state index in [0.29, 0.717) is 6.54 Å². The number of hydrogen-bond donors (Lipinski definition) is 1. The lowest BCUT2D eigenvalue weighted by Gasteiger charge is -2.19. The third kappa shape index (κ3) is 4.73. The zero-order valence-electron chi connectivity index (χ0n) is 13.0. The first kappa shape index (κ1) is 17.8. The van der Waals surface area contributed by atoms with E-state index in [1.165, 1.54) is 4.90 Å². The number of sulfonamides is 1. The molecule has 128 valence electrons. The lowest BCUT2D eigenvalue weighted by molar-refractivity contribution is 0.0758. The molecule has 1 saturated heterocycles. The van der Waals surface area contributed by atoms with E-state index in [1.54, 1.807) is 7.05 Å². The Balaban J connectivity index is 2.00. The van der Waals surface area contributed by atoms with E-state index >= 15 is 0 Å². The van der Waals surface area contributed by atoms with Crippen molar-refractivity contribution in [2.24, 2.45) is 5.14 Å². The Morgan fingerprint density at radius 3 is 2.83 bits per heavy atom. The average Bonchev–Trinajstić information content (AvgIpc) is 2.99. The molecule has 8 heteroatoms. The van der Waals surface area contributed by atoms with Gasteiger partial charge in [-0.05, 0) is 43.9 Å². The van der Waals surface area contributed by atoms with Crippen LogP contribution in [0.15, 0.2) is 23.1 Å². The summed E-state index contributed by atoms with van der Waals surface area (Å²) in [4.78, 5) is 13.4. The normalized spacial score (nSPS) is 18.1. The van der Waals surface area contributed by atoms with Crippen LogP contribution < -0.4 is 5.14 Å². The van der Waals surface area contributed by atoms with Crippen molar-refractivity contribution in [3.05, 3.63) is 29.6 Å². The van der Waals surface area contributed by atoms with Gasteiger partial charge in [0, 0.05) is 20.2 Å². The van der Waals surface area contributed by atoms with Gasteiger partial charge in [-0.2, -0.15) is 0 Å². The molecule has 1 aliphatic heterocycles. The molecule has 1 heterocycles. The molecule has 0 bridgehead atoms. The van der Waals surface area contributed by atoms with Crippen molar-refractivity contribution in [3.63, 3.8) is 0 Å². The topological polar surface area (TPSA) is 89.7 Å². The summed E-state index contributed by atoms with van der Waals surface area (Å²) in [5, 5.41) is 5.01. The quantitative estimate of drug-likeness (QED) is 0.847. The molecule has 0 aliphatic carbocycles. The fourth-order valence-corrected chi connectivity index (χ4v) is 3.12. The van der Waals surface area contributed by atoms with Gasteiger partial charge in [-0.3, -0.25) is 4.79 Å². The number of nitrogens with zero attached hydrogens (tertiary/aromatic N) is 1. The van der Waals surface area contributed by atoms with E-state index < -0.39 is 21.7 Å². The first-order valence-electron chi connectivity index (χ1n) is 7.48. The number of ether oxygens (including phenoxy) is 1. The summed E-state index contributed by atoms with van der Waals surface area (Å²) in [6.45, 7) is 1.22. The number of rotatable bonds is 6. The first-order chi connectivity index (χ1) is 10.8. The van der Waals surface area contributed by atoms with Crippen molar-refractivity contribution in [1.82, 2.24) is 4.90 Å². The number of benzene rings is 1. The predicted molar refractivity (Wildman–Crippen MR) is 82.9 cm³/mol. The number of amides is 1. The largest absolute Gasteiger partial charge is 0.378 e. The van der Waals surface area contributed by atoms with Gasteiger partial charge >= 0.3 is 0 Å². The molecule has 1 aromatic carbocycles. The Hall–Kier alpha value is -1.51. The highest BCUT2D eigenvalue weighted by Gasteiger charge is 2.20. The van der Waals surface area contributed by atoms with E-state index in [-0.39, 0.29) is 16.6 Å². The zero-order chi connectivity index (χ0) is 17.0. The lowest BCUT2D eigenvalue weighted by Crippen LogP contribution is -2.29. The maximum atomic E-state index is 13.8. The van der Waals surface area contributed by atoms with Crippen LogP contribution in [0.3, 0.4) is 0 Å². The Morgan fingerprint density at radius 1 is 1.48 bits per heavy atom. The number of hydrogen-bond acceptors (Lipinski definition) is 4. The third-order valence-electron chi connectivity index (χ3n) is 3.89. The van der Waals surface area contributed by atoms with Crippen molar-refractivity contribution in [2.75, 3.05) is 20.2 Å². The van der Waals surface area contributed by atoms with Crippen LogP contribution in [0.1, 0.15) is 36.0 Å². The van der Waals surface area contributed by atoms with Crippen LogP contribution in [0, 0.1) is 5.82 Å². The highest BCUT2D eigenvalue weighted by atomic mass is 32.2. The summed E-state index contributed by atoms with van der Waals surface area (Å²) in [6.07, 6.45) is 3.91. The summed E-state index contributed by atoms with van der Waals surface area (Å²) in [5.41, 5.74) is -0.295. The molecule has 23 heavy (non-hydrogen) atoms. The van der Waals surface area contributed by atoms with Crippen LogP contribution in [0.2, 0.25) is 0 Å². The smallest absolute Gasteiger partial charge is 0.256 e. The van der Waals surface area contributed by atoms with Gasteiger partial charge in [-0.25, -0.2) is 17.9 Å². The van der Waals surface area contributed by atoms with E-state index in [2.05, 4.69) is 0 Å². The number of nitrogens with two attached hydrogens (primary N) is 1. The Kier molecular flexibility index (Phi) is 5.72. The number of primary sulfonamides is 1. The molecule has 1 aliphatic rings. The minimum absolute atomic E-state index is 0.237. The Morgan fingerprint density at radius 2 is 2.22 bits per heavy atom. The van der Waals surface area contributed by atoms with Gasteiger partial charge in [0.15, 0.2) is 0 Å². The summed E-state index contributed by atoms with van der Waals surface area (Å²) in [5.74, 6) is -1.34. The molecule has 1 atom stereocenters. The standard InChI is InChI=1S/C15H21FN2O4S/c1-18(8-2-4-11-5-3-9-22-11)15(19)13-10-12(23(17,20)21)6-7-14(13)16/h6-7,10-11H,2-5,8-9H2,1H3,(H2,17,20,21). The van der Waals surface area contributed by atoms with Crippen LogP contribution in [0.4, 0.5) is 4.39 Å². The van der Waals surface area contributed by atoms with Crippen LogP contribution in [0.5, 0.6) is 0 Å². The second-order valence-corrected chi connectivity index (χ2v) is 7.25. The maximum Gasteiger partial charge on any atom is 0.256 e. The van der Waals surface area contributed by atoms with Gasteiger partial charge in [-0.1, -0.05) is 0 Å². The molecule has 0 saturated carbocycles. The molecule has 1 amide bonds. The van der Waals surface area contributed by atoms with Crippen LogP contribution in [0.25, 0.3) is 0 Å². The highest BCUT2D eigenvalue weighted by molar-refractivity contribution is 7.89. The van der Waals surface area contributed by atoms with Gasteiger partial charge in [0.2, 0.25) is 10.0 Å². The average molecular weight is 344 g/mol. The van der Waals surface area contributed by atoms with E-state index in [4.69, 9.17) is 9.88 Å². The second-order valence-electron chi connectivity index (χ2n) is 5.69. The molecule has 2 N–H and O–H groups in total. The van der Waals surface area contributed by atoms with Crippen LogP contribution in [-0.2, 0) is 14.8 Å². The summed E-state index contributed by atoms with van der Waals surface area (Å²) < 4.78 is 42.0. The maximum absolute atomic E-state index is 13.8. The fourth-order valence-electron chi connectivity index (χ4n) is 2.58. The zero-order valence-corrected chi connectivity index (χ0v) is 13.8. The molecule has 0 radical (unpaired) electrons. The van der Waals surface area contributed by atoms with Gasteiger partial charge < -0.3 is 9.64 Å². The summed E-state index contributed by atoms with van der Waals surface area (Å²) >= 11 is 0. The number of carbonyl (C=O) groups is 1. The minimum Gasteiger partial charge on any atom is -0.378 e. The Labute approximate surface area is 135 Å². The van der Waals surface area contributed by atoms with Gasteiger partial charge in [0.05, 0.1) is 16.6 Å². The first-order valence-corrected chi connectivity index (χ1v) is 9.03. The minimum atomic E-state index is -3.98. The lowest BCUT2D eigenvalue weighted by atomic mass is 10.1. The number of carbonyl (C=O) groups excluding carboxylic acids is 1. The van der Waals surface area contributed by atoms with E-state index in [9.17, 15) is 17.6 Å². The van der Waals surface area contributed by atoms with Crippen LogP contribution >= 0.6 is 0 Å². The Bertz CT molecular complexity index is 672. The van der Waals surface area contributed by atoms with Gasteiger partial charge in [-0.15, -0.1) is 0 Å². The summed E-state index contributed by atoms with van der Waals surface area (Å²) in [7, 11) is -2.43.